The number of rotatable bonds is 5. The third kappa shape index (κ3) is 4.00. The van der Waals surface area contributed by atoms with E-state index in [4.69, 9.17) is 5.11 Å². The van der Waals surface area contributed by atoms with Crippen molar-refractivity contribution in [3.8, 4) is 0 Å². The molecule has 0 unspecified atom stereocenters. The Morgan fingerprint density at radius 3 is 2.47 bits per heavy atom. The van der Waals surface area contributed by atoms with Crippen LogP contribution in [0.15, 0.2) is 18.2 Å². The topological polar surface area (TPSA) is 57.6 Å². The standard InChI is InChI=1S/C13H17NO3/c1-9-4-5-10(2)11(6-9)12(15)7-14(3)8-13(16)17/h4-6H,7-8H2,1-3H3,(H,16,17). The monoisotopic (exact) mass is 235 g/mol. The number of hydrogen-bond acceptors (Lipinski definition) is 3. The van der Waals surface area contributed by atoms with Crippen LogP contribution in [0.4, 0.5) is 0 Å². The van der Waals surface area contributed by atoms with Crippen LogP contribution in [0, 0.1) is 13.8 Å². The number of carbonyl (C=O) groups excluding carboxylic acids is 1. The zero-order valence-corrected chi connectivity index (χ0v) is 10.4. The van der Waals surface area contributed by atoms with Gasteiger partial charge in [0.25, 0.3) is 0 Å². The van der Waals surface area contributed by atoms with E-state index in [1.165, 1.54) is 4.90 Å². The molecule has 17 heavy (non-hydrogen) atoms. The van der Waals surface area contributed by atoms with Crippen molar-refractivity contribution in [2.45, 2.75) is 13.8 Å². The van der Waals surface area contributed by atoms with Gasteiger partial charge >= 0.3 is 5.97 Å². The molecule has 4 nitrogen and oxygen atoms in total. The molecular weight excluding hydrogens is 218 g/mol. The van der Waals surface area contributed by atoms with E-state index in [0.29, 0.717) is 5.56 Å². The molecule has 1 aromatic carbocycles. The maximum Gasteiger partial charge on any atom is 0.317 e. The maximum atomic E-state index is 12.0. The van der Waals surface area contributed by atoms with Gasteiger partial charge in [0.2, 0.25) is 0 Å². The number of ketones is 1. The molecule has 0 atom stereocenters. The van der Waals surface area contributed by atoms with Gasteiger partial charge in [-0.05, 0) is 32.5 Å². The smallest absolute Gasteiger partial charge is 0.317 e. The highest BCUT2D eigenvalue weighted by molar-refractivity contribution is 5.99. The average molecular weight is 235 g/mol. The van der Waals surface area contributed by atoms with Gasteiger partial charge in [0.05, 0.1) is 13.1 Å². The Bertz CT molecular complexity index is 440. The van der Waals surface area contributed by atoms with E-state index in [1.54, 1.807) is 7.05 Å². The van der Waals surface area contributed by atoms with Crippen molar-refractivity contribution in [2.24, 2.45) is 0 Å². The lowest BCUT2D eigenvalue weighted by molar-refractivity contribution is -0.137. The number of carboxylic acids is 1. The van der Waals surface area contributed by atoms with Gasteiger partial charge in [-0.15, -0.1) is 0 Å². The number of hydrogen-bond donors (Lipinski definition) is 1. The SMILES string of the molecule is Cc1ccc(C)c(C(=O)CN(C)CC(=O)O)c1. The molecule has 0 bridgehead atoms. The molecule has 0 saturated carbocycles. The molecule has 1 aromatic rings. The van der Waals surface area contributed by atoms with Crippen LogP contribution in [-0.4, -0.2) is 41.9 Å². The summed E-state index contributed by atoms with van der Waals surface area (Å²) in [5, 5.41) is 8.61. The maximum absolute atomic E-state index is 12.0. The first-order valence-electron chi connectivity index (χ1n) is 5.41. The van der Waals surface area contributed by atoms with E-state index >= 15 is 0 Å². The lowest BCUT2D eigenvalue weighted by Gasteiger charge is -2.14. The molecule has 0 aliphatic heterocycles. The second-order valence-corrected chi connectivity index (χ2v) is 4.31. The highest BCUT2D eigenvalue weighted by atomic mass is 16.4. The van der Waals surface area contributed by atoms with Crippen LogP contribution in [0.1, 0.15) is 21.5 Å². The zero-order valence-electron chi connectivity index (χ0n) is 10.4. The van der Waals surface area contributed by atoms with Crippen LogP contribution in [0.5, 0.6) is 0 Å². The second kappa shape index (κ2) is 5.59. The van der Waals surface area contributed by atoms with Crippen LogP contribution in [0.2, 0.25) is 0 Å². The van der Waals surface area contributed by atoms with Gasteiger partial charge in [-0.1, -0.05) is 17.7 Å². The summed E-state index contributed by atoms with van der Waals surface area (Å²) in [6, 6.07) is 5.69. The summed E-state index contributed by atoms with van der Waals surface area (Å²) < 4.78 is 0. The lowest BCUT2D eigenvalue weighted by atomic mass is 10.0. The summed E-state index contributed by atoms with van der Waals surface area (Å²) in [5.74, 6) is -0.976. The van der Waals surface area contributed by atoms with E-state index in [1.807, 2.05) is 32.0 Å². The quantitative estimate of drug-likeness (QED) is 0.786. The minimum Gasteiger partial charge on any atom is -0.480 e. The zero-order chi connectivity index (χ0) is 13.0. The van der Waals surface area contributed by atoms with Gasteiger partial charge in [0.1, 0.15) is 0 Å². The molecular formula is C13H17NO3. The molecule has 0 fully saturated rings. The van der Waals surface area contributed by atoms with Gasteiger partial charge in [-0.3, -0.25) is 14.5 Å². The molecule has 0 spiro atoms. The number of nitrogens with zero attached hydrogens (tertiary/aromatic N) is 1. The van der Waals surface area contributed by atoms with E-state index < -0.39 is 5.97 Å². The molecule has 1 rings (SSSR count). The molecule has 0 aliphatic carbocycles. The summed E-state index contributed by atoms with van der Waals surface area (Å²) in [6.07, 6.45) is 0. The van der Waals surface area contributed by atoms with Gasteiger partial charge in [-0.25, -0.2) is 0 Å². The second-order valence-electron chi connectivity index (χ2n) is 4.31. The summed E-state index contributed by atoms with van der Waals surface area (Å²) in [4.78, 5) is 24.0. The Morgan fingerprint density at radius 1 is 1.24 bits per heavy atom. The molecule has 0 heterocycles. The molecule has 0 amide bonds. The van der Waals surface area contributed by atoms with E-state index in [9.17, 15) is 9.59 Å². The molecule has 4 heteroatoms. The van der Waals surface area contributed by atoms with E-state index in [-0.39, 0.29) is 18.9 Å². The van der Waals surface area contributed by atoms with Crippen molar-refractivity contribution in [3.63, 3.8) is 0 Å². The predicted octanol–water partition coefficient (Wildman–Crippen LogP) is 1.50. The molecule has 1 N–H and O–H groups in total. The first-order valence-corrected chi connectivity index (χ1v) is 5.41. The lowest BCUT2D eigenvalue weighted by Crippen LogP contribution is -2.31. The molecule has 92 valence electrons. The number of likely N-dealkylation sites (N-methyl/N-ethyl adjacent to an activating group) is 1. The molecule has 0 saturated heterocycles. The van der Waals surface area contributed by atoms with Crippen LogP contribution in [0.25, 0.3) is 0 Å². The highest BCUT2D eigenvalue weighted by Gasteiger charge is 2.13. The van der Waals surface area contributed by atoms with Crippen LogP contribution < -0.4 is 0 Å². The number of aryl methyl sites for hydroxylation is 2. The van der Waals surface area contributed by atoms with Crippen molar-refractivity contribution in [2.75, 3.05) is 20.1 Å². The van der Waals surface area contributed by atoms with Crippen molar-refractivity contribution in [1.29, 1.82) is 0 Å². The normalized spacial score (nSPS) is 10.6. The first-order chi connectivity index (χ1) is 7.90. The van der Waals surface area contributed by atoms with Crippen molar-refractivity contribution >= 4 is 11.8 Å². The molecule has 0 radical (unpaired) electrons. The number of Topliss-reactive ketones (excluding diaryl/α,β-unsaturated/α-hetero) is 1. The summed E-state index contributed by atoms with van der Waals surface area (Å²) in [5.41, 5.74) is 2.62. The van der Waals surface area contributed by atoms with Crippen molar-refractivity contribution < 1.29 is 14.7 Å². The third-order valence-electron chi connectivity index (χ3n) is 2.51. The van der Waals surface area contributed by atoms with Crippen molar-refractivity contribution in [1.82, 2.24) is 4.90 Å². The third-order valence-corrected chi connectivity index (χ3v) is 2.51. The fraction of sp³-hybridized carbons (Fsp3) is 0.385. The van der Waals surface area contributed by atoms with Gasteiger partial charge in [0.15, 0.2) is 5.78 Å². The van der Waals surface area contributed by atoms with Crippen LogP contribution in [0.3, 0.4) is 0 Å². The van der Waals surface area contributed by atoms with Gasteiger partial charge in [-0.2, -0.15) is 0 Å². The summed E-state index contributed by atoms with van der Waals surface area (Å²) in [7, 11) is 1.62. The Balaban J connectivity index is 2.76. The largest absolute Gasteiger partial charge is 0.480 e. The summed E-state index contributed by atoms with van der Waals surface area (Å²) in [6.45, 7) is 3.80. The van der Waals surface area contributed by atoms with Crippen LogP contribution in [-0.2, 0) is 4.79 Å². The minimum atomic E-state index is -0.929. The first kappa shape index (κ1) is 13.4. The number of aliphatic carboxylic acids is 1. The van der Waals surface area contributed by atoms with Gasteiger partial charge < -0.3 is 5.11 Å². The fourth-order valence-electron chi connectivity index (χ4n) is 1.65. The van der Waals surface area contributed by atoms with Crippen molar-refractivity contribution in [3.05, 3.63) is 34.9 Å². The Morgan fingerprint density at radius 2 is 1.88 bits per heavy atom. The van der Waals surface area contributed by atoms with E-state index in [0.717, 1.165) is 11.1 Å². The Hall–Kier alpha value is -1.68. The number of carbonyl (C=O) groups is 2. The number of benzene rings is 1. The number of carboxylic acid groups (broad SMARTS) is 1. The molecule has 0 aliphatic rings. The fourth-order valence-corrected chi connectivity index (χ4v) is 1.65. The Kier molecular flexibility index (Phi) is 4.40. The predicted molar refractivity (Wildman–Crippen MR) is 65.4 cm³/mol. The Labute approximate surface area is 101 Å². The van der Waals surface area contributed by atoms with E-state index in [2.05, 4.69) is 0 Å². The molecule has 0 aromatic heterocycles. The van der Waals surface area contributed by atoms with Gasteiger partial charge in [0, 0.05) is 5.56 Å². The average Bonchev–Trinajstić information content (AvgIpc) is 2.20. The minimum absolute atomic E-state index is 0.0463. The summed E-state index contributed by atoms with van der Waals surface area (Å²) >= 11 is 0. The van der Waals surface area contributed by atoms with Crippen LogP contribution >= 0.6 is 0 Å². The highest BCUT2D eigenvalue weighted by Crippen LogP contribution is 2.11.